The lowest BCUT2D eigenvalue weighted by Gasteiger charge is -2.35. The van der Waals surface area contributed by atoms with Crippen molar-refractivity contribution in [3.8, 4) is 0 Å². The molecule has 2 amide bonds. The summed E-state index contributed by atoms with van der Waals surface area (Å²) in [6.07, 6.45) is 0.203. The minimum absolute atomic E-state index is 0.0209. The van der Waals surface area contributed by atoms with Gasteiger partial charge in [0.25, 0.3) is 0 Å². The molecule has 2 aromatic carbocycles. The van der Waals surface area contributed by atoms with Gasteiger partial charge in [-0.05, 0) is 45.4 Å². The molecule has 30 heavy (non-hydrogen) atoms. The van der Waals surface area contributed by atoms with E-state index in [4.69, 9.17) is 0 Å². The summed E-state index contributed by atoms with van der Waals surface area (Å²) >= 11 is 1.19. The monoisotopic (exact) mass is 424 g/mol. The molecule has 6 heteroatoms. The van der Waals surface area contributed by atoms with Crippen LogP contribution in [0.4, 0.5) is 5.69 Å². The van der Waals surface area contributed by atoms with Crippen molar-refractivity contribution in [1.82, 2.24) is 5.32 Å². The molecule has 1 fully saturated rings. The summed E-state index contributed by atoms with van der Waals surface area (Å²) in [5.74, 6) is -0.435. The molecular formula is C24H28N2O3S. The molecule has 1 N–H and O–H groups in total. The number of carbonyl (C=O) groups excluding carboxylic acids is 3. The van der Waals surface area contributed by atoms with Crippen LogP contribution in [0.1, 0.15) is 44.4 Å². The predicted molar refractivity (Wildman–Crippen MR) is 121 cm³/mol. The van der Waals surface area contributed by atoms with Crippen molar-refractivity contribution in [3.63, 3.8) is 0 Å². The van der Waals surface area contributed by atoms with Gasteiger partial charge in [0.05, 0.1) is 5.92 Å². The fourth-order valence-electron chi connectivity index (χ4n) is 3.47. The van der Waals surface area contributed by atoms with Crippen LogP contribution in [0, 0.1) is 12.8 Å². The molecule has 0 aromatic heterocycles. The lowest BCUT2D eigenvalue weighted by atomic mass is 9.98. The van der Waals surface area contributed by atoms with Crippen LogP contribution in [-0.4, -0.2) is 28.2 Å². The number of thioether (sulfide) groups is 1. The fraction of sp³-hybridized carbons (Fsp3) is 0.375. The number of hydrogen-bond acceptors (Lipinski definition) is 4. The highest BCUT2D eigenvalue weighted by atomic mass is 32.2. The van der Waals surface area contributed by atoms with Crippen LogP contribution in [0.15, 0.2) is 54.6 Å². The van der Waals surface area contributed by atoms with Gasteiger partial charge in [0.2, 0.25) is 11.8 Å². The number of rotatable bonds is 5. The van der Waals surface area contributed by atoms with Crippen LogP contribution in [0.2, 0.25) is 0 Å². The van der Waals surface area contributed by atoms with Crippen LogP contribution in [-0.2, 0) is 14.4 Å². The largest absolute Gasteiger partial charge is 0.349 e. The molecule has 0 aliphatic carbocycles. The average Bonchev–Trinajstić information content (AvgIpc) is 3.12. The number of aryl methyl sites for hydroxylation is 1. The first-order chi connectivity index (χ1) is 14.2. The van der Waals surface area contributed by atoms with Gasteiger partial charge in [-0.25, -0.2) is 0 Å². The Bertz CT molecular complexity index is 920. The standard InChI is InChI=1S/C24H28N2O3S/c1-16-10-12-19(13-11-16)26(23(29)18-14-20(27)30-15-18)21(17-8-6-5-7-9-17)22(28)25-24(2,3)4/h5-13,18,21H,14-15H2,1-4H3,(H,25,28)/t18-,21+/m0/s1. The second kappa shape index (κ2) is 9.04. The molecule has 0 spiro atoms. The van der Waals surface area contributed by atoms with Gasteiger partial charge in [-0.15, -0.1) is 0 Å². The van der Waals surface area contributed by atoms with Crippen LogP contribution >= 0.6 is 11.8 Å². The number of hydrogen-bond donors (Lipinski definition) is 1. The van der Waals surface area contributed by atoms with E-state index in [0.29, 0.717) is 11.4 Å². The zero-order valence-corrected chi connectivity index (χ0v) is 18.7. The van der Waals surface area contributed by atoms with E-state index < -0.39 is 17.5 Å². The molecule has 2 aromatic rings. The molecule has 2 atom stereocenters. The molecule has 1 aliphatic rings. The summed E-state index contributed by atoms with van der Waals surface area (Å²) in [4.78, 5) is 40.5. The van der Waals surface area contributed by atoms with E-state index in [0.717, 1.165) is 11.1 Å². The third-order valence-corrected chi connectivity index (χ3v) is 5.94. The lowest BCUT2D eigenvalue weighted by Crippen LogP contribution is -2.50. The maximum absolute atomic E-state index is 13.6. The average molecular weight is 425 g/mol. The molecule has 0 bridgehead atoms. The second-order valence-electron chi connectivity index (χ2n) is 8.68. The van der Waals surface area contributed by atoms with Gasteiger partial charge in [0.15, 0.2) is 5.12 Å². The smallest absolute Gasteiger partial charge is 0.248 e. The number of anilines is 1. The van der Waals surface area contributed by atoms with Gasteiger partial charge in [0, 0.05) is 23.4 Å². The first-order valence-electron chi connectivity index (χ1n) is 10.1. The van der Waals surface area contributed by atoms with Gasteiger partial charge in [0.1, 0.15) is 6.04 Å². The number of nitrogens with zero attached hydrogens (tertiary/aromatic N) is 1. The Morgan fingerprint density at radius 3 is 2.23 bits per heavy atom. The molecule has 1 saturated heterocycles. The molecular weight excluding hydrogens is 396 g/mol. The molecule has 3 rings (SSSR count). The van der Waals surface area contributed by atoms with Crippen molar-refractivity contribution in [3.05, 3.63) is 65.7 Å². The van der Waals surface area contributed by atoms with Crippen LogP contribution in [0.5, 0.6) is 0 Å². The van der Waals surface area contributed by atoms with Crippen molar-refractivity contribution in [2.75, 3.05) is 10.7 Å². The third-order valence-electron chi connectivity index (χ3n) is 4.88. The Hall–Kier alpha value is -2.60. The quantitative estimate of drug-likeness (QED) is 0.779. The van der Waals surface area contributed by atoms with E-state index >= 15 is 0 Å². The summed E-state index contributed by atoms with van der Waals surface area (Å²) in [7, 11) is 0. The highest BCUT2D eigenvalue weighted by molar-refractivity contribution is 8.14. The van der Waals surface area contributed by atoms with Crippen molar-refractivity contribution in [2.45, 2.75) is 45.7 Å². The number of carbonyl (C=O) groups is 3. The van der Waals surface area contributed by atoms with E-state index in [1.165, 1.54) is 11.8 Å². The van der Waals surface area contributed by atoms with Crippen molar-refractivity contribution in [2.24, 2.45) is 5.92 Å². The fourth-order valence-corrected chi connectivity index (χ4v) is 4.43. The summed E-state index contributed by atoms with van der Waals surface area (Å²) < 4.78 is 0. The van der Waals surface area contributed by atoms with E-state index in [1.54, 1.807) is 4.90 Å². The maximum Gasteiger partial charge on any atom is 0.248 e. The first kappa shape index (κ1) is 22.1. The summed E-state index contributed by atoms with van der Waals surface area (Å²) in [5, 5.41) is 3.05. The zero-order chi connectivity index (χ0) is 21.9. The van der Waals surface area contributed by atoms with Gasteiger partial charge < -0.3 is 5.32 Å². The van der Waals surface area contributed by atoms with Crippen LogP contribution in [0.3, 0.4) is 0 Å². The highest BCUT2D eigenvalue weighted by Crippen LogP contribution is 2.34. The van der Waals surface area contributed by atoms with E-state index in [1.807, 2.05) is 82.3 Å². The summed E-state index contributed by atoms with van der Waals surface area (Å²) in [6, 6.07) is 16.1. The molecule has 1 heterocycles. The number of benzene rings is 2. The first-order valence-corrected chi connectivity index (χ1v) is 11.1. The molecule has 158 valence electrons. The van der Waals surface area contributed by atoms with Gasteiger partial charge in [-0.1, -0.05) is 59.8 Å². The van der Waals surface area contributed by atoms with Crippen LogP contribution in [0.25, 0.3) is 0 Å². The molecule has 0 radical (unpaired) electrons. The Morgan fingerprint density at radius 1 is 1.07 bits per heavy atom. The highest BCUT2D eigenvalue weighted by Gasteiger charge is 2.39. The van der Waals surface area contributed by atoms with Crippen LogP contribution < -0.4 is 10.2 Å². The van der Waals surface area contributed by atoms with Crippen molar-refractivity contribution >= 4 is 34.4 Å². The normalized spacial score (nSPS) is 17.5. The Kier molecular flexibility index (Phi) is 6.66. The maximum atomic E-state index is 13.6. The second-order valence-corrected chi connectivity index (χ2v) is 9.76. The molecule has 5 nitrogen and oxygen atoms in total. The molecule has 1 aliphatic heterocycles. The summed E-state index contributed by atoms with van der Waals surface area (Å²) in [6.45, 7) is 7.72. The van der Waals surface area contributed by atoms with E-state index in [2.05, 4.69) is 5.32 Å². The Balaban J connectivity index is 2.10. The summed E-state index contributed by atoms with van der Waals surface area (Å²) in [5.41, 5.74) is 1.98. The number of amides is 2. The van der Waals surface area contributed by atoms with Crippen molar-refractivity contribution in [1.29, 1.82) is 0 Å². The van der Waals surface area contributed by atoms with E-state index in [-0.39, 0.29) is 23.4 Å². The third kappa shape index (κ3) is 5.30. The zero-order valence-electron chi connectivity index (χ0n) is 17.8. The van der Waals surface area contributed by atoms with Gasteiger partial charge >= 0.3 is 0 Å². The van der Waals surface area contributed by atoms with E-state index in [9.17, 15) is 14.4 Å². The van der Waals surface area contributed by atoms with Gasteiger partial charge in [-0.3, -0.25) is 19.3 Å². The molecule has 0 unspecified atom stereocenters. The van der Waals surface area contributed by atoms with Gasteiger partial charge in [-0.2, -0.15) is 0 Å². The minimum Gasteiger partial charge on any atom is -0.349 e. The predicted octanol–water partition coefficient (Wildman–Crippen LogP) is 4.26. The SMILES string of the molecule is Cc1ccc(N(C(=O)[C@@H]2CSC(=O)C2)[C@@H](C(=O)NC(C)(C)C)c2ccccc2)cc1. The minimum atomic E-state index is -0.832. The topological polar surface area (TPSA) is 66.5 Å². The number of nitrogens with one attached hydrogen (secondary N) is 1. The van der Waals surface area contributed by atoms with Crippen molar-refractivity contribution < 1.29 is 14.4 Å². The lowest BCUT2D eigenvalue weighted by molar-refractivity contribution is -0.129. The Morgan fingerprint density at radius 2 is 1.70 bits per heavy atom. The molecule has 0 saturated carbocycles. The Labute approximate surface area is 182 Å².